The predicted molar refractivity (Wildman–Crippen MR) is 65.7 cm³/mol. The van der Waals surface area contributed by atoms with Crippen molar-refractivity contribution in [3.05, 3.63) is 0 Å². The van der Waals surface area contributed by atoms with Gasteiger partial charge in [-0.05, 0) is 50.4 Å². The minimum atomic E-state index is -0.0662. The third-order valence-electron chi connectivity index (χ3n) is 4.68. The summed E-state index contributed by atoms with van der Waals surface area (Å²) in [5, 5.41) is 0. The minimum Gasteiger partial charge on any atom is -0.469 e. The number of hydrogen-bond acceptors (Lipinski definition) is 4. The molecule has 4 atom stereocenters. The standard InChI is InChI=1S/C14H22O4/c1-17-13(15)11-5-3-10-8-12(14(16)18-2)6-4-9(10)7-11/h9-12H,3-8H2,1-2H3. The Balaban J connectivity index is 1.91. The predicted octanol–water partition coefficient (Wildman–Crippen LogP) is 2.17. The van der Waals surface area contributed by atoms with Gasteiger partial charge in [0.1, 0.15) is 0 Å². The minimum absolute atomic E-state index is 0.0662. The second-order valence-corrected chi connectivity index (χ2v) is 5.59. The van der Waals surface area contributed by atoms with Crippen LogP contribution in [-0.4, -0.2) is 26.2 Å². The second kappa shape index (κ2) is 5.72. The molecule has 18 heavy (non-hydrogen) atoms. The molecule has 2 saturated carbocycles. The van der Waals surface area contributed by atoms with Crippen LogP contribution in [0.1, 0.15) is 38.5 Å². The highest BCUT2D eigenvalue weighted by atomic mass is 16.5. The van der Waals surface area contributed by atoms with Crippen molar-refractivity contribution in [1.82, 2.24) is 0 Å². The van der Waals surface area contributed by atoms with Crippen molar-refractivity contribution in [2.24, 2.45) is 23.7 Å². The van der Waals surface area contributed by atoms with Gasteiger partial charge in [-0.25, -0.2) is 0 Å². The zero-order chi connectivity index (χ0) is 13.1. The van der Waals surface area contributed by atoms with Gasteiger partial charge in [0.25, 0.3) is 0 Å². The molecule has 0 aromatic heterocycles. The molecule has 0 aliphatic heterocycles. The average molecular weight is 254 g/mol. The summed E-state index contributed by atoms with van der Waals surface area (Å²) in [6.07, 6.45) is 5.76. The molecule has 2 aliphatic carbocycles. The van der Waals surface area contributed by atoms with Crippen LogP contribution < -0.4 is 0 Å². The third-order valence-corrected chi connectivity index (χ3v) is 4.68. The van der Waals surface area contributed by atoms with E-state index in [1.165, 1.54) is 14.2 Å². The molecule has 0 aromatic carbocycles. The summed E-state index contributed by atoms with van der Waals surface area (Å²) in [4.78, 5) is 23.1. The maximum atomic E-state index is 11.6. The van der Waals surface area contributed by atoms with Crippen LogP contribution in [0.3, 0.4) is 0 Å². The fourth-order valence-corrected chi connectivity index (χ4v) is 3.65. The van der Waals surface area contributed by atoms with E-state index in [0.29, 0.717) is 11.8 Å². The zero-order valence-corrected chi connectivity index (χ0v) is 11.2. The van der Waals surface area contributed by atoms with Crippen molar-refractivity contribution >= 4 is 11.9 Å². The van der Waals surface area contributed by atoms with E-state index in [9.17, 15) is 9.59 Å². The maximum Gasteiger partial charge on any atom is 0.308 e. The summed E-state index contributed by atoms with van der Waals surface area (Å²) < 4.78 is 9.67. The molecule has 4 unspecified atom stereocenters. The molecule has 0 bridgehead atoms. The van der Waals surface area contributed by atoms with Gasteiger partial charge in [0.05, 0.1) is 26.1 Å². The van der Waals surface area contributed by atoms with Crippen LogP contribution in [0, 0.1) is 23.7 Å². The van der Waals surface area contributed by atoms with Crippen molar-refractivity contribution in [2.75, 3.05) is 14.2 Å². The Hall–Kier alpha value is -1.06. The SMILES string of the molecule is COC(=O)C1CCC2CC(C(=O)OC)CCC2C1. The van der Waals surface area contributed by atoms with Crippen molar-refractivity contribution in [3.63, 3.8) is 0 Å². The van der Waals surface area contributed by atoms with Crippen LogP contribution in [0.25, 0.3) is 0 Å². The van der Waals surface area contributed by atoms with Gasteiger partial charge in [-0.15, -0.1) is 0 Å². The van der Waals surface area contributed by atoms with Crippen LogP contribution in [0.5, 0.6) is 0 Å². The Kier molecular flexibility index (Phi) is 4.25. The Morgan fingerprint density at radius 1 is 0.778 bits per heavy atom. The van der Waals surface area contributed by atoms with E-state index in [-0.39, 0.29) is 23.8 Å². The summed E-state index contributed by atoms with van der Waals surface area (Å²) in [6, 6.07) is 0. The van der Waals surface area contributed by atoms with E-state index >= 15 is 0 Å². The number of hydrogen-bond donors (Lipinski definition) is 0. The highest BCUT2D eigenvalue weighted by Gasteiger charge is 2.40. The van der Waals surface area contributed by atoms with E-state index in [4.69, 9.17) is 9.47 Å². The molecule has 102 valence electrons. The Bertz CT molecular complexity index is 294. The first kappa shape index (κ1) is 13.4. The molecule has 2 rings (SSSR count). The van der Waals surface area contributed by atoms with Crippen LogP contribution in [0.15, 0.2) is 0 Å². The Labute approximate surface area is 108 Å². The van der Waals surface area contributed by atoms with E-state index in [1.807, 2.05) is 0 Å². The van der Waals surface area contributed by atoms with Gasteiger partial charge in [-0.2, -0.15) is 0 Å². The van der Waals surface area contributed by atoms with Crippen LogP contribution >= 0.6 is 0 Å². The molecule has 0 saturated heterocycles. The van der Waals surface area contributed by atoms with Crippen molar-refractivity contribution in [3.8, 4) is 0 Å². The first-order chi connectivity index (χ1) is 8.65. The summed E-state index contributed by atoms with van der Waals surface area (Å²) in [7, 11) is 2.92. The van der Waals surface area contributed by atoms with Crippen LogP contribution in [0.2, 0.25) is 0 Å². The topological polar surface area (TPSA) is 52.6 Å². The van der Waals surface area contributed by atoms with Crippen molar-refractivity contribution in [1.29, 1.82) is 0 Å². The van der Waals surface area contributed by atoms with Gasteiger partial charge < -0.3 is 9.47 Å². The number of esters is 2. The maximum absolute atomic E-state index is 11.6. The van der Waals surface area contributed by atoms with Gasteiger partial charge in [-0.3, -0.25) is 9.59 Å². The molecule has 0 N–H and O–H groups in total. The normalized spacial score (nSPS) is 35.4. The lowest BCUT2D eigenvalue weighted by Gasteiger charge is -2.40. The summed E-state index contributed by atoms with van der Waals surface area (Å²) in [5.74, 6) is 1.19. The fourth-order valence-electron chi connectivity index (χ4n) is 3.65. The molecule has 2 aliphatic rings. The number of rotatable bonds is 2. The largest absolute Gasteiger partial charge is 0.469 e. The lowest BCUT2D eigenvalue weighted by atomic mass is 9.65. The summed E-state index contributed by atoms with van der Waals surface area (Å²) in [6.45, 7) is 0. The highest BCUT2D eigenvalue weighted by molar-refractivity contribution is 5.73. The lowest BCUT2D eigenvalue weighted by Crippen LogP contribution is -2.36. The number of carbonyl (C=O) groups is 2. The van der Waals surface area contributed by atoms with Gasteiger partial charge >= 0.3 is 11.9 Å². The molecular formula is C14H22O4. The smallest absolute Gasteiger partial charge is 0.308 e. The summed E-state index contributed by atoms with van der Waals surface area (Å²) in [5.41, 5.74) is 0. The van der Waals surface area contributed by atoms with E-state index < -0.39 is 0 Å². The van der Waals surface area contributed by atoms with Gasteiger partial charge in [-0.1, -0.05) is 0 Å². The first-order valence-corrected chi connectivity index (χ1v) is 6.81. The molecule has 0 amide bonds. The summed E-state index contributed by atoms with van der Waals surface area (Å²) >= 11 is 0. The Morgan fingerprint density at radius 2 is 1.17 bits per heavy atom. The zero-order valence-electron chi connectivity index (χ0n) is 11.2. The second-order valence-electron chi connectivity index (χ2n) is 5.59. The van der Waals surface area contributed by atoms with E-state index in [2.05, 4.69) is 0 Å². The first-order valence-electron chi connectivity index (χ1n) is 6.81. The third kappa shape index (κ3) is 2.68. The van der Waals surface area contributed by atoms with Crippen LogP contribution in [0.4, 0.5) is 0 Å². The lowest BCUT2D eigenvalue weighted by molar-refractivity contribution is -0.151. The molecular weight excluding hydrogens is 232 g/mol. The van der Waals surface area contributed by atoms with Crippen molar-refractivity contribution in [2.45, 2.75) is 38.5 Å². The molecule has 2 fully saturated rings. The van der Waals surface area contributed by atoms with Crippen molar-refractivity contribution < 1.29 is 19.1 Å². The number of methoxy groups -OCH3 is 2. The molecule has 4 nitrogen and oxygen atoms in total. The van der Waals surface area contributed by atoms with Gasteiger partial charge in [0.15, 0.2) is 0 Å². The molecule has 0 heterocycles. The monoisotopic (exact) mass is 254 g/mol. The molecule has 4 heteroatoms. The fraction of sp³-hybridized carbons (Fsp3) is 0.857. The van der Waals surface area contributed by atoms with Gasteiger partial charge in [0.2, 0.25) is 0 Å². The molecule has 0 radical (unpaired) electrons. The quantitative estimate of drug-likeness (QED) is 0.709. The Morgan fingerprint density at radius 3 is 1.50 bits per heavy atom. The number of fused-ring (bicyclic) bond motifs is 1. The number of ether oxygens (including phenoxy) is 2. The van der Waals surface area contributed by atoms with E-state index in [1.54, 1.807) is 0 Å². The highest BCUT2D eigenvalue weighted by Crippen LogP contribution is 2.45. The average Bonchev–Trinajstić information content (AvgIpc) is 2.44. The van der Waals surface area contributed by atoms with Gasteiger partial charge in [0, 0.05) is 0 Å². The molecule has 0 aromatic rings. The number of carbonyl (C=O) groups excluding carboxylic acids is 2. The van der Waals surface area contributed by atoms with Crippen LogP contribution in [-0.2, 0) is 19.1 Å². The molecule has 0 spiro atoms. The van der Waals surface area contributed by atoms with E-state index in [0.717, 1.165) is 38.5 Å².